The maximum absolute atomic E-state index is 10.5. The standard InChI is InChI=1S/C5H5NOS.K.H/c7-6-4-2-1-3-5(6)8;;/h1-4,8H;;. The maximum Gasteiger partial charge on any atom is 0.248 e. The SMILES string of the molecule is [KH].[O-][n+]1ccccc1S. The Morgan fingerprint density at radius 1 is 1.44 bits per heavy atom. The fourth-order valence-corrected chi connectivity index (χ4v) is 0.572. The summed E-state index contributed by atoms with van der Waals surface area (Å²) in [5.41, 5.74) is 0. The van der Waals surface area contributed by atoms with Crippen LogP contribution in [-0.4, -0.2) is 51.4 Å². The van der Waals surface area contributed by atoms with E-state index >= 15 is 0 Å². The molecule has 1 rings (SSSR count). The Balaban J connectivity index is 0.000000640. The van der Waals surface area contributed by atoms with Crippen LogP contribution in [0.5, 0.6) is 0 Å². The minimum absolute atomic E-state index is 0. The molecule has 0 unspecified atom stereocenters. The van der Waals surface area contributed by atoms with Crippen molar-refractivity contribution in [1.82, 2.24) is 0 Å². The van der Waals surface area contributed by atoms with Crippen molar-refractivity contribution in [2.75, 3.05) is 0 Å². The van der Waals surface area contributed by atoms with Crippen LogP contribution in [0.25, 0.3) is 0 Å². The van der Waals surface area contributed by atoms with Crippen LogP contribution in [0.1, 0.15) is 0 Å². The van der Waals surface area contributed by atoms with Gasteiger partial charge in [0.05, 0.1) is 0 Å². The average molecular weight is 167 g/mol. The van der Waals surface area contributed by atoms with Gasteiger partial charge in [-0.15, -0.1) is 0 Å². The van der Waals surface area contributed by atoms with E-state index in [2.05, 4.69) is 12.6 Å². The fourth-order valence-electron chi connectivity index (χ4n) is 0.419. The van der Waals surface area contributed by atoms with Gasteiger partial charge >= 0.3 is 51.4 Å². The minimum Gasteiger partial charge on any atom is -0.618 e. The molecule has 0 aromatic carbocycles. The molecule has 1 aromatic heterocycles. The van der Waals surface area contributed by atoms with E-state index in [1.165, 1.54) is 6.20 Å². The van der Waals surface area contributed by atoms with Gasteiger partial charge in [-0.3, -0.25) is 0 Å². The molecule has 0 saturated carbocycles. The molecule has 0 amide bonds. The Bertz CT molecular complexity index is 173. The normalized spacial score (nSPS) is 8.11. The molecule has 0 radical (unpaired) electrons. The summed E-state index contributed by atoms with van der Waals surface area (Å²) in [4.78, 5) is 0. The number of aromatic nitrogens is 1. The molecule has 0 N–H and O–H groups in total. The zero-order chi connectivity index (χ0) is 5.98. The van der Waals surface area contributed by atoms with Crippen LogP contribution in [0.4, 0.5) is 0 Å². The first-order valence-electron chi connectivity index (χ1n) is 2.18. The number of nitrogens with zero attached hydrogens (tertiary/aromatic N) is 1. The Kier molecular flexibility index (Phi) is 5.20. The van der Waals surface area contributed by atoms with Gasteiger partial charge in [-0.25, -0.2) is 0 Å². The average Bonchev–Trinajstić information content (AvgIpc) is 1.77. The molecule has 0 spiro atoms. The largest absolute Gasteiger partial charge is 0.618 e. The smallest absolute Gasteiger partial charge is 0.248 e. The molecule has 2 nitrogen and oxygen atoms in total. The van der Waals surface area contributed by atoms with E-state index in [1.807, 2.05) is 0 Å². The first-order valence-corrected chi connectivity index (χ1v) is 2.62. The van der Waals surface area contributed by atoms with Gasteiger partial charge in [-0.1, -0.05) is 12.6 Å². The Morgan fingerprint density at radius 2 is 2.11 bits per heavy atom. The summed E-state index contributed by atoms with van der Waals surface area (Å²) in [6.07, 6.45) is 1.41. The van der Waals surface area contributed by atoms with E-state index in [0.29, 0.717) is 9.76 Å². The number of thiol groups is 1. The van der Waals surface area contributed by atoms with Crippen molar-refractivity contribution < 1.29 is 4.73 Å². The number of hydrogen-bond acceptors (Lipinski definition) is 2. The van der Waals surface area contributed by atoms with Gasteiger partial charge in [-0.05, 0) is 6.07 Å². The molecule has 0 aliphatic heterocycles. The summed E-state index contributed by atoms with van der Waals surface area (Å²) in [5.74, 6) is 0. The molecule has 9 heavy (non-hydrogen) atoms. The first-order chi connectivity index (χ1) is 3.80. The monoisotopic (exact) mass is 167 g/mol. The van der Waals surface area contributed by atoms with Crippen molar-refractivity contribution in [3.05, 3.63) is 29.6 Å². The molecule has 0 atom stereocenters. The third-order valence-electron chi connectivity index (χ3n) is 0.804. The second-order valence-corrected chi connectivity index (χ2v) is 1.84. The van der Waals surface area contributed by atoms with Crippen LogP contribution in [0.3, 0.4) is 0 Å². The first kappa shape index (κ1) is 9.94. The zero-order valence-electron chi connectivity index (χ0n) is 4.11. The van der Waals surface area contributed by atoms with Gasteiger partial charge < -0.3 is 5.21 Å². The predicted octanol–water partition coefficient (Wildman–Crippen LogP) is -0.0398. The second kappa shape index (κ2) is 4.71. The summed E-state index contributed by atoms with van der Waals surface area (Å²) < 4.78 is 0.698. The number of hydrogen-bond donors (Lipinski definition) is 1. The van der Waals surface area contributed by atoms with Crippen LogP contribution >= 0.6 is 12.6 Å². The van der Waals surface area contributed by atoms with E-state index in [1.54, 1.807) is 18.2 Å². The summed E-state index contributed by atoms with van der Waals surface area (Å²) in [6, 6.07) is 5.06. The fraction of sp³-hybridized carbons (Fsp3) is 0. The Hall–Kier alpha value is 0.936. The Morgan fingerprint density at radius 3 is 2.44 bits per heavy atom. The number of rotatable bonds is 0. The van der Waals surface area contributed by atoms with E-state index in [9.17, 15) is 5.21 Å². The van der Waals surface area contributed by atoms with E-state index in [-0.39, 0.29) is 51.4 Å². The van der Waals surface area contributed by atoms with Gasteiger partial charge in [0.15, 0.2) is 6.20 Å². The molecule has 0 fully saturated rings. The summed E-state index contributed by atoms with van der Waals surface area (Å²) in [7, 11) is 0. The van der Waals surface area contributed by atoms with Gasteiger partial charge in [0, 0.05) is 12.1 Å². The molecule has 0 aliphatic rings. The zero-order valence-corrected chi connectivity index (χ0v) is 5.01. The molecule has 0 saturated heterocycles. The molecule has 4 heteroatoms. The predicted molar refractivity (Wildman–Crippen MR) is 39.8 cm³/mol. The van der Waals surface area contributed by atoms with Crippen molar-refractivity contribution >= 4 is 64.0 Å². The maximum atomic E-state index is 10.5. The van der Waals surface area contributed by atoms with Crippen LogP contribution in [-0.2, 0) is 0 Å². The Labute approximate surface area is 102 Å². The third-order valence-corrected chi connectivity index (χ3v) is 1.15. The molecule has 0 aliphatic carbocycles. The van der Waals surface area contributed by atoms with Crippen LogP contribution in [0.15, 0.2) is 29.4 Å². The summed E-state index contributed by atoms with van der Waals surface area (Å²) in [5, 5.41) is 10.9. The molecular weight excluding hydrogens is 161 g/mol. The molecular formula is C5H6KNOS. The third kappa shape index (κ3) is 3.02. The molecule has 0 bridgehead atoms. The van der Waals surface area contributed by atoms with Gasteiger partial charge in [-0.2, -0.15) is 4.73 Å². The van der Waals surface area contributed by atoms with Crippen LogP contribution in [0, 0.1) is 5.21 Å². The van der Waals surface area contributed by atoms with Crippen molar-refractivity contribution in [1.29, 1.82) is 0 Å². The van der Waals surface area contributed by atoms with Crippen LogP contribution in [0.2, 0.25) is 0 Å². The van der Waals surface area contributed by atoms with E-state index in [4.69, 9.17) is 0 Å². The molecule has 44 valence electrons. The molecule has 1 heterocycles. The van der Waals surface area contributed by atoms with Crippen LogP contribution < -0.4 is 4.73 Å². The van der Waals surface area contributed by atoms with Crippen molar-refractivity contribution in [2.24, 2.45) is 0 Å². The molecule has 1 aromatic rings. The number of pyridine rings is 1. The summed E-state index contributed by atoms with van der Waals surface area (Å²) >= 11 is 3.85. The van der Waals surface area contributed by atoms with Gasteiger partial charge in [0.25, 0.3) is 0 Å². The topological polar surface area (TPSA) is 26.9 Å². The van der Waals surface area contributed by atoms with Crippen molar-refractivity contribution in [3.63, 3.8) is 0 Å². The van der Waals surface area contributed by atoms with Gasteiger partial charge in [0.1, 0.15) is 0 Å². The van der Waals surface area contributed by atoms with Crippen molar-refractivity contribution in [3.8, 4) is 0 Å². The quantitative estimate of drug-likeness (QED) is 0.250. The minimum atomic E-state index is 0. The second-order valence-electron chi connectivity index (χ2n) is 1.38. The van der Waals surface area contributed by atoms with Gasteiger partial charge in [0.2, 0.25) is 5.03 Å². The van der Waals surface area contributed by atoms with E-state index in [0.717, 1.165) is 0 Å². The summed E-state index contributed by atoms with van der Waals surface area (Å²) in [6.45, 7) is 0. The van der Waals surface area contributed by atoms with Crippen molar-refractivity contribution in [2.45, 2.75) is 5.03 Å². The van der Waals surface area contributed by atoms with E-state index < -0.39 is 0 Å².